The molecule has 1 aliphatic carbocycles. The Balaban J connectivity index is 1.28. The minimum Gasteiger partial charge on any atom is -0.470 e. The van der Waals surface area contributed by atoms with E-state index in [4.69, 9.17) is 9.47 Å². The van der Waals surface area contributed by atoms with E-state index in [0.717, 1.165) is 51.8 Å². The van der Waals surface area contributed by atoms with E-state index >= 15 is 0 Å². The first-order valence-corrected chi connectivity index (χ1v) is 10.00. The molecule has 142 valence electrons. The van der Waals surface area contributed by atoms with Crippen LogP contribution in [0.4, 0.5) is 0 Å². The smallest absolute Gasteiger partial charge is 0.225 e. The second-order valence-electron chi connectivity index (χ2n) is 7.69. The summed E-state index contributed by atoms with van der Waals surface area (Å²) in [5.41, 5.74) is 0. The predicted molar refractivity (Wildman–Crippen MR) is 98.0 cm³/mol. The average molecular weight is 359 g/mol. The molecule has 2 aliphatic heterocycles. The number of ether oxygens (including phenoxy) is 2. The quantitative estimate of drug-likeness (QED) is 0.871. The monoisotopic (exact) mass is 359 g/mol. The van der Waals surface area contributed by atoms with Gasteiger partial charge in [-0.15, -0.1) is 0 Å². The van der Waals surface area contributed by atoms with Crippen LogP contribution in [0.15, 0.2) is 24.4 Å². The number of hydrogen-bond donors (Lipinski definition) is 1. The van der Waals surface area contributed by atoms with Gasteiger partial charge in [0.15, 0.2) is 0 Å². The van der Waals surface area contributed by atoms with Crippen molar-refractivity contribution in [2.75, 3.05) is 26.3 Å². The Morgan fingerprint density at radius 1 is 1.19 bits per heavy atom. The Morgan fingerprint density at radius 2 is 2.04 bits per heavy atom. The minimum atomic E-state index is -0.0201. The van der Waals surface area contributed by atoms with Crippen LogP contribution in [0.3, 0.4) is 0 Å². The molecular weight excluding hydrogens is 330 g/mol. The van der Waals surface area contributed by atoms with Gasteiger partial charge in [-0.05, 0) is 38.2 Å². The molecule has 1 N–H and O–H groups in total. The first-order valence-electron chi connectivity index (χ1n) is 10.00. The van der Waals surface area contributed by atoms with Crippen LogP contribution in [-0.2, 0) is 9.53 Å². The maximum atomic E-state index is 12.4. The number of nitrogens with one attached hydrogen (secondary N) is 1. The Kier molecular flexibility index (Phi) is 5.70. The van der Waals surface area contributed by atoms with Crippen molar-refractivity contribution in [2.45, 2.75) is 56.7 Å². The maximum Gasteiger partial charge on any atom is 0.225 e. The standard InChI is InChI=1S/C20H29N3O3/c24-20(15-4-3-5-15)23-11-7-16(8-12-23)22-17-9-13-25-14-18(17)26-19-6-1-2-10-21-19/h1-2,6,10,15-18,22H,3-5,7-9,11-14H2/t17-,18-/m1/s1. The molecule has 0 spiro atoms. The SMILES string of the molecule is O=C(C1CCC1)N1CCC(N[C@@H]2CCOC[C@H]2Oc2ccccn2)CC1. The third-order valence-corrected chi connectivity index (χ3v) is 5.92. The summed E-state index contributed by atoms with van der Waals surface area (Å²) in [6.45, 7) is 3.11. The van der Waals surface area contributed by atoms with Gasteiger partial charge in [0, 0.05) is 50.0 Å². The number of amides is 1. The van der Waals surface area contributed by atoms with Crippen LogP contribution in [0.5, 0.6) is 5.88 Å². The summed E-state index contributed by atoms with van der Waals surface area (Å²) in [5.74, 6) is 1.35. The van der Waals surface area contributed by atoms with Crippen LogP contribution in [0.1, 0.15) is 38.5 Å². The highest BCUT2D eigenvalue weighted by molar-refractivity contribution is 5.79. The number of carbonyl (C=O) groups is 1. The second kappa shape index (κ2) is 8.35. The molecule has 3 heterocycles. The number of aromatic nitrogens is 1. The zero-order valence-corrected chi connectivity index (χ0v) is 15.3. The number of rotatable bonds is 5. The van der Waals surface area contributed by atoms with E-state index in [2.05, 4.69) is 15.2 Å². The topological polar surface area (TPSA) is 63.7 Å². The average Bonchev–Trinajstić information content (AvgIpc) is 2.63. The van der Waals surface area contributed by atoms with Crippen LogP contribution in [0, 0.1) is 5.92 Å². The highest BCUT2D eigenvalue weighted by Crippen LogP contribution is 2.29. The summed E-state index contributed by atoms with van der Waals surface area (Å²) in [5, 5.41) is 3.77. The van der Waals surface area contributed by atoms with Crippen molar-refractivity contribution in [1.82, 2.24) is 15.2 Å². The summed E-state index contributed by atoms with van der Waals surface area (Å²) in [6, 6.07) is 6.42. The summed E-state index contributed by atoms with van der Waals surface area (Å²) in [7, 11) is 0. The van der Waals surface area contributed by atoms with Crippen molar-refractivity contribution >= 4 is 5.91 Å². The fraction of sp³-hybridized carbons (Fsp3) is 0.700. The number of carbonyl (C=O) groups excluding carboxylic acids is 1. The van der Waals surface area contributed by atoms with Crippen LogP contribution in [-0.4, -0.2) is 60.3 Å². The molecule has 1 amide bonds. The van der Waals surface area contributed by atoms with Gasteiger partial charge in [0.25, 0.3) is 0 Å². The number of piperidine rings is 1. The Morgan fingerprint density at radius 3 is 2.73 bits per heavy atom. The summed E-state index contributed by atoms with van der Waals surface area (Å²) < 4.78 is 11.7. The fourth-order valence-electron chi connectivity index (χ4n) is 4.07. The van der Waals surface area contributed by atoms with E-state index in [1.807, 2.05) is 18.2 Å². The lowest BCUT2D eigenvalue weighted by atomic mass is 9.84. The van der Waals surface area contributed by atoms with Crippen LogP contribution in [0.25, 0.3) is 0 Å². The third-order valence-electron chi connectivity index (χ3n) is 5.92. The molecule has 1 aromatic rings. The first kappa shape index (κ1) is 17.7. The maximum absolute atomic E-state index is 12.4. The Labute approximate surface area is 155 Å². The summed E-state index contributed by atoms with van der Waals surface area (Å²) >= 11 is 0. The molecule has 0 unspecified atom stereocenters. The lowest BCUT2D eigenvalue weighted by molar-refractivity contribution is -0.139. The molecule has 0 bridgehead atoms. The third kappa shape index (κ3) is 4.18. The number of hydrogen-bond acceptors (Lipinski definition) is 5. The van der Waals surface area contributed by atoms with Crippen molar-refractivity contribution < 1.29 is 14.3 Å². The van der Waals surface area contributed by atoms with Gasteiger partial charge >= 0.3 is 0 Å². The van der Waals surface area contributed by atoms with Crippen LogP contribution in [0.2, 0.25) is 0 Å². The zero-order valence-electron chi connectivity index (χ0n) is 15.3. The van der Waals surface area contributed by atoms with Crippen molar-refractivity contribution in [3.8, 4) is 5.88 Å². The largest absolute Gasteiger partial charge is 0.470 e. The molecule has 6 heteroatoms. The minimum absolute atomic E-state index is 0.0201. The van der Waals surface area contributed by atoms with E-state index in [9.17, 15) is 4.79 Å². The molecule has 1 aromatic heterocycles. The van der Waals surface area contributed by atoms with Gasteiger partial charge in [-0.1, -0.05) is 12.5 Å². The van der Waals surface area contributed by atoms with Gasteiger partial charge in [-0.25, -0.2) is 4.98 Å². The van der Waals surface area contributed by atoms with Crippen LogP contribution < -0.4 is 10.1 Å². The Hall–Kier alpha value is -1.66. The molecule has 0 aromatic carbocycles. The molecule has 0 radical (unpaired) electrons. The van der Waals surface area contributed by atoms with Crippen molar-refractivity contribution in [3.63, 3.8) is 0 Å². The van der Waals surface area contributed by atoms with Gasteiger partial charge in [0.2, 0.25) is 11.8 Å². The molecule has 6 nitrogen and oxygen atoms in total. The van der Waals surface area contributed by atoms with Gasteiger partial charge in [0.05, 0.1) is 6.61 Å². The predicted octanol–water partition coefficient (Wildman–Crippen LogP) is 2.00. The summed E-state index contributed by atoms with van der Waals surface area (Å²) in [6.07, 6.45) is 8.11. The molecule has 26 heavy (non-hydrogen) atoms. The number of pyridine rings is 1. The van der Waals surface area contributed by atoms with E-state index in [1.54, 1.807) is 6.20 Å². The van der Waals surface area contributed by atoms with Crippen molar-refractivity contribution in [1.29, 1.82) is 0 Å². The summed E-state index contributed by atoms with van der Waals surface area (Å²) in [4.78, 5) is 18.7. The first-order chi connectivity index (χ1) is 12.8. The molecular formula is C20H29N3O3. The molecule has 2 atom stereocenters. The molecule has 1 saturated carbocycles. The molecule has 3 fully saturated rings. The number of likely N-dealkylation sites (tertiary alicyclic amines) is 1. The van der Waals surface area contributed by atoms with Crippen molar-refractivity contribution in [3.05, 3.63) is 24.4 Å². The highest BCUT2D eigenvalue weighted by atomic mass is 16.5. The molecule has 4 rings (SSSR count). The fourth-order valence-corrected chi connectivity index (χ4v) is 4.07. The zero-order chi connectivity index (χ0) is 17.8. The molecule has 3 aliphatic rings. The molecule has 2 saturated heterocycles. The Bertz CT molecular complexity index is 585. The van der Waals surface area contributed by atoms with E-state index in [0.29, 0.717) is 30.4 Å². The van der Waals surface area contributed by atoms with Crippen molar-refractivity contribution in [2.24, 2.45) is 5.92 Å². The van der Waals surface area contributed by atoms with Gasteiger partial charge < -0.3 is 19.7 Å². The van der Waals surface area contributed by atoms with Gasteiger partial charge in [-0.3, -0.25) is 4.79 Å². The van der Waals surface area contributed by atoms with Gasteiger partial charge in [0.1, 0.15) is 6.10 Å². The second-order valence-corrected chi connectivity index (χ2v) is 7.69. The number of nitrogens with zero attached hydrogens (tertiary/aromatic N) is 2. The highest BCUT2D eigenvalue weighted by Gasteiger charge is 2.34. The van der Waals surface area contributed by atoms with Gasteiger partial charge in [-0.2, -0.15) is 0 Å². The van der Waals surface area contributed by atoms with Crippen LogP contribution >= 0.6 is 0 Å². The van der Waals surface area contributed by atoms with E-state index in [-0.39, 0.29) is 12.1 Å². The normalized spacial score (nSPS) is 27.8. The van der Waals surface area contributed by atoms with E-state index in [1.165, 1.54) is 6.42 Å². The lowest BCUT2D eigenvalue weighted by Gasteiger charge is -2.40. The lowest BCUT2D eigenvalue weighted by Crippen LogP contribution is -2.55. The van der Waals surface area contributed by atoms with E-state index < -0.39 is 0 Å².